The predicted octanol–water partition coefficient (Wildman–Crippen LogP) is 1.87. The summed E-state index contributed by atoms with van der Waals surface area (Å²) in [4.78, 5) is 18.5. The van der Waals surface area contributed by atoms with Crippen molar-refractivity contribution in [2.45, 2.75) is 45.2 Å². The van der Waals surface area contributed by atoms with Crippen molar-refractivity contribution >= 4 is 17.5 Å². The number of aromatic nitrogens is 2. The SMILES string of the molecule is CCN1CC[C@@H]2C[C@@H](N3CCOCC3)CC[C@@]2(C(=O)NCCn2cc(Cl)cn2)C1. The number of ether oxygens (including phenoxy) is 1. The zero-order valence-corrected chi connectivity index (χ0v) is 18.2. The van der Waals surface area contributed by atoms with Crippen LogP contribution in [0, 0.1) is 11.3 Å². The second-order valence-electron chi connectivity index (χ2n) is 8.76. The third kappa shape index (κ3) is 4.63. The van der Waals surface area contributed by atoms with Gasteiger partial charge in [-0.1, -0.05) is 18.5 Å². The number of carbonyl (C=O) groups is 1. The van der Waals surface area contributed by atoms with E-state index in [9.17, 15) is 4.79 Å². The second kappa shape index (κ2) is 9.33. The maximum atomic E-state index is 13.5. The van der Waals surface area contributed by atoms with Crippen molar-refractivity contribution in [2.24, 2.45) is 11.3 Å². The summed E-state index contributed by atoms with van der Waals surface area (Å²) < 4.78 is 7.32. The summed E-state index contributed by atoms with van der Waals surface area (Å²) in [5.74, 6) is 0.699. The lowest BCUT2D eigenvalue weighted by Crippen LogP contribution is -2.61. The normalized spacial score (nSPS) is 31.4. The molecule has 0 bridgehead atoms. The van der Waals surface area contributed by atoms with Gasteiger partial charge in [0.1, 0.15) is 0 Å². The quantitative estimate of drug-likeness (QED) is 0.756. The molecule has 3 fully saturated rings. The molecule has 1 N–H and O–H groups in total. The van der Waals surface area contributed by atoms with E-state index in [1.165, 1.54) is 0 Å². The smallest absolute Gasteiger partial charge is 0.227 e. The molecule has 8 heteroatoms. The zero-order valence-electron chi connectivity index (χ0n) is 17.5. The summed E-state index contributed by atoms with van der Waals surface area (Å²) >= 11 is 5.94. The Morgan fingerprint density at radius 3 is 2.90 bits per heavy atom. The van der Waals surface area contributed by atoms with Crippen molar-refractivity contribution in [3.8, 4) is 0 Å². The Kier molecular flexibility index (Phi) is 6.79. The molecular formula is C21H34ClN5O2. The molecule has 3 aliphatic rings. The van der Waals surface area contributed by atoms with Gasteiger partial charge in [-0.2, -0.15) is 5.10 Å². The van der Waals surface area contributed by atoms with Crippen LogP contribution in [0.15, 0.2) is 12.4 Å². The molecule has 2 aliphatic heterocycles. The number of amides is 1. The molecule has 2 saturated heterocycles. The Morgan fingerprint density at radius 2 is 2.17 bits per heavy atom. The van der Waals surface area contributed by atoms with Crippen LogP contribution in [0.25, 0.3) is 0 Å². The summed E-state index contributed by atoms with van der Waals surface area (Å²) in [6.45, 7) is 10.2. The van der Waals surface area contributed by atoms with Crippen LogP contribution >= 0.6 is 11.6 Å². The molecule has 3 heterocycles. The number of piperidine rings is 1. The summed E-state index contributed by atoms with van der Waals surface area (Å²) in [7, 11) is 0. The monoisotopic (exact) mass is 423 g/mol. The maximum absolute atomic E-state index is 13.5. The number of halogens is 1. The van der Waals surface area contributed by atoms with Gasteiger partial charge in [-0.05, 0) is 44.7 Å². The van der Waals surface area contributed by atoms with Crippen molar-refractivity contribution in [1.29, 1.82) is 0 Å². The van der Waals surface area contributed by atoms with Gasteiger partial charge >= 0.3 is 0 Å². The van der Waals surface area contributed by atoms with Crippen LogP contribution in [0.2, 0.25) is 5.02 Å². The van der Waals surface area contributed by atoms with E-state index in [-0.39, 0.29) is 11.3 Å². The van der Waals surface area contributed by atoms with E-state index in [1.54, 1.807) is 17.1 Å². The molecule has 4 rings (SSSR count). The largest absolute Gasteiger partial charge is 0.379 e. The van der Waals surface area contributed by atoms with E-state index in [1.807, 2.05) is 0 Å². The van der Waals surface area contributed by atoms with Crippen LogP contribution in [0.1, 0.15) is 32.6 Å². The Morgan fingerprint density at radius 1 is 1.34 bits per heavy atom. The van der Waals surface area contributed by atoms with Gasteiger partial charge in [-0.3, -0.25) is 14.4 Å². The van der Waals surface area contributed by atoms with E-state index in [0.29, 0.717) is 30.1 Å². The van der Waals surface area contributed by atoms with Crippen molar-refractivity contribution in [3.63, 3.8) is 0 Å². The first-order valence-corrected chi connectivity index (χ1v) is 11.5. The lowest BCUT2D eigenvalue weighted by molar-refractivity contribution is -0.145. The topological polar surface area (TPSA) is 62.6 Å². The fourth-order valence-corrected chi connectivity index (χ4v) is 5.71. The number of fused-ring (bicyclic) bond motifs is 1. The first-order valence-electron chi connectivity index (χ1n) is 11.1. The van der Waals surface area contributed by atoms with Gasteiger partial charge in [-0.25, -0.2) is 0 Å². The Labute approximate surface area is 178 Å². The molecule has 1 aromatic heterocycles. The van der Waals surface area contributed by atoms with Crippen molar-refractivity contribution < 1.29 is 9.53 Å². The van der Waals surface area contributed by atoms with Crippen molar-refractivity contribution in [2.75, 3.05) is 52.5 Å². The van der Waals surface area contributed by atoms with E-state index in [4.69, 9.17) is 16.3 Å². The number of nitrogens with zero attached hydrogens (tertiary/aromatic N) is 4. The van der Waals surface area contributed by atoms with Crippen LogP contribution < -0.4 is 5.32 Å². The van der Waals surface area contributed by atoms with Gasteiger partial charge in [0.2, 0.25) is 5.91 Å². The summed E-state index contributed by atoms with van der Waals surface area (Å²) in [5, 5.41) is 8.06. The molecule has 1 saturated carbocycles. The Hall–Kier alpha value is -1.15. The first kappa shape index (κ1) is 21.1. The fraction of sp³-hybridized carbons (Fsp3) is 0.810. The first-order chi connectivity index (χ1) is 14.1. The second-order valence-corrected chi connectivity index (χ2v) is 9.20. The van der Waals surface area contributed by atoms with Gasteiger partial charge < -0.3 is 15.0 Å². The Balaban J connectivity index is 1.41. The number of likely N-dealkylation sites (tertiary alicyclic amines) is 1. The standard InChI is InChI=1S/C21H34ClN5O2/c1-2-25-7-4-17-13-19(26-9-11-29-12-10-26)3-5-21(17,16-25)20(28)23-6-8-27-15-18(22)14-24-27/h14-15,17,19H,2-13,16H2,1H3,(H,23,28)/t17-,19+,21-/m1/s1. The molecule has 3 atom stereocenters. The van der Waals surface area contributed by atoms with E-state index in [0.717, 1.165) is 71.6 Å². The molecule has 29 heavy (non-hydrogen) atoms. The fourth-order valence-electron chi connectivity index (χ4n) is 5.55. The van der Waals surface area contributed by atoms with Gasteiger partial charge in [-0.15, -0.1) is 0 Å². The highest BCUT2D eigenvalue weighted by molar-refractivity contribution is 6.30. The number of morpholine rings is 1. The Bertz CT molecular complexity index is 692. The van der Waals surface area contributed by atoms with Gasteiger partial charge in [0, 0.05) is 38.4 Å². The lowest BCUT2D eigenvalue weighted by atomic mass is 9.61. The van der Waals surface area contributed by atoms with E-state index in [2.05, 4.69) is 27.1 Å². The third-order valence-corrected chi connectivity index (χ3v) is 7.45. The van der Waals surface area contributed by atoms with E-state index >= 15 is 0 Å². The number of carbonyl (C=O) groups excluding carboxylic acids is 1. The number of hydrogen-bond donors (Lipinski definition) is 1. The van der Waals surface area contributed by atoms with Gasteiger partial charge in [0.15, 0.2) is 0 Å². The van der Waals surface area contributed by atoms with Crippen molar-refractivity contribution in [3.05, 3.63) is 17.4 Å². The molecule has 0 radical (unpaired) electrons. The van der Waals surface area contributed by atoms with Crippen LogP contribution in [-0.4, -0.2) is 84.0 Å². The third-order valence-electron chi connectivity index (χ3n) is 7.25. The highest BCUT2D eigenvalue weighted by Crippen LogP contribution is 2.47. The highest BCUT2D eigenvalue weighted by atomic mass is 35.5. The summed E-state index contributed by atoms with van der Waals surface area (Å²) in [6.07, 6.45) is 7.77. The highest BCUT2D eigenvalue weighted by Gasteiger charge is 2.52. The average Bonchev–Trinajstić information content (AvgIpc) is 3.18. The van der Waals surface area contributed by atoms with Crippen LogP contribution in [0.4, 0.5) is 0 Å². The summed E-state index contributed by atoms with van der Waals surface area (Å²) in [5.41, 5.74) is -0.251. The molecule has 0 unspecified atom stereocenters. The molecule has 1 aromatic rings. The molecule has 162 valence electrons. The van der Waals surface area contributed by atoms with Crippen LogP contribution in [0.5, 0.6) is 0 Å². The zero-order chi connectivity index (χ0) is 20.3. The number of nitrogens with one attached hydrogen (secondary N) is 1. The average molecular weight is 424 g/mol. The molecule has 0 aromatic carbocycles. The predicted molar refractivity (Wildman–Crippen MR) is 113 cm³/mol. The minimum Gasteiger partial charge on any atom is -0.379 e. The molecule has 0 spiro atoms. The number of hydrogen-bond acceptors (Lipinski definition) is 5. The van der Waals surface area contributed by atoms with Gasteiger partial charge in [0.05, 0.1) is 36.4 Å². The van der Waals surface area contributed by atoms with Gasteiger partial charge in [0.25, 0.3) is 0 Å². The minimum atomic E-state index is -0.251. The maximum Gasteiger partial charge on any atom is 0.227 e. The summed E-state index contributed by atoms with van der Waals surface area (Å²) in [6, 6.07) is 0.601. The van der Waals surface area contributed by atoms with Crippen molar-refractivity contribution in [1.82, 2.24) is 24.9 Å². The van der Waals surface area contributed by atoms with Crippen LogP contribution in [-0.2, 0) is 16.1 Å². The van der Waals surface area contributed by atoms with E-state index < -0.39 is 0 Å². The number of rotatable bonds is 6. The molecular weight excluding hydrogens is 390 g/mol. The lowest BCUT2D eigenvalue weighted by Gasteiger charge is -2.53. The molecule has 1 amide bonds. The van der Waals surface area contributed by atoms with Crippen LogP contribution in [0.3, 0.4) is 0 Å². The minimum absolute atomic E-state index is 0.235. The molecule has 1 aliphatic carbocycles. The molecule has 7 nitrogen and oxygen atoms in total.